The number of nitrogens with zero attached hydrogens (tertiary/aromatic N) is 4. The van der Waals surface area contributed by atoms with Gasteiger partial charge in [-0.05, 0) is 80.0 Å². The molecule has 288 valence electrons. The molecule has 3 N–H and O–H groups in total. The van der Waals surface area contributed by atoms with E-state index >= 15 is 0 Å². The first-order chi connectivity index (χ1) is 26.5. The number of methoxy groups -OCH3 is 2. The Balaban J connectivity index is 1.07. The highest BCUT2D eigenvalue weighted by atomic mass is 16.5. The number of fused-ring (bicyclic) bond motifs is 2. The van der Waals surface area contributed by atoms with Crippen molar-refractivity contribution in [2.45, 2.75) is 77.0 Å². The van der Waals surface area contributed by atoms with E-state index in [1.807, 2.05) is 43.1 Å². The number of aromatic amines is 1. The Morgan fingerprint density at radius 1 is 0.855 bits per heavy atom. The number of carbonyl (C=O) groups is 4. The second kappa shape index (κ2) is 15.4. The number of aromatic nitrogens is 2. The van der Waals surface area contributed by atoms with Gasteiger partial charge in [0.2, 0.25) is 17.2 Å². The molecule has 15 nitrogen and oxygen atoms in total. The van der Waals surface area contributed by atoms with Gasteiger partial charge in [-0.1, -0.05) is 19.9 Å². The van der Waals surface area contributed by atoms with E-state index in [9.17, 15) is 24.0 Å². The van der Waals surface area contributed by atoms with E-state index in [1.165, 1.54) is 14.2 Å². The standard InChI is InChI=1S/C40H45N7O8/c1-21(2)34(45-40(52)54-5)38(50)46-14-6-8-30(46)28-17-25(19-41-28)23-10-12-26-33(18-23)55-32-13-11-24(16-27(32)35(26)48)29-20-42-36(44-29)31-9-7-15-47(31)37(49)22(3)43-39(51)53-4/h10-13,16,18-22,30-31,34H,6-9,14-15,17H2,1-5H3,(H,42,44)(H,43,51)(H,45,52)/t22-,30-,31-,34-/m0/s1. The zero-order valence-corrected chi connectivity index (χ0v) is 31.5. The van der Waals surface area contributed by atoms with Gasteiger partial charge in [-0.2, -0.15) is 0 Å². The Kier molecular flexibility index (Phi) is 10.5. The van der Waals surface area contributed by atoms with Gasteiger partial charge in [-0.3, -0.25) is 19.4 Å². The van der Waals surface area contributed by atoms with Crippen molar-refractivity contribution < 1.29 is 33.1 Å². The van der Waals surface area contributed by atoms with Crippen LogP contribution in [0.5, 0.6) is 0 Å². The molecule has 2 saturated heterocycles. The number of amides is 4. The molecule has 0 aliphatic carbocycles. The smallest absolute Gasteiger partial charge is 0.407 e. The van der Waals surface area contributed by atoms with Gasteiger partial charge in [0.1, 0.15) is 29.1 Å². The molecule has 2 aromatic heterocycles. The van der Waals surface area contributed by atoms with Crippen molar-refractivity contribution in [3.05, 3.63) is 70.4 Å². The molecule has 7 rings (SSSR count). The Morgan fingerprint density at radius 2 is 1.55 bits per heavy atom. The summed E-state index contributed by atoms with van der Waals surface area (Å²) in [5, 5.41) is 6.09. The maximum absolute atomic E-state index is 13.8. The summed E-state index contributed by atoms with van der Waals surface area (Å²) in [6.45, 7) is 6.52. The minimum Gasteiger partial charge on any atom is -0.456 e. The van der Waals surface area contributed by atoms with E-state index in [4.69, 9.17) is 14.1 Å². The third kappa shape index (κ3) is 7.30. The van der Waals surface area contributed by atoms with Crippen LogP contribution in [0.15, 0.2) is 63.0 Å². The zero-order valence-electron chi connectivity index (χ0n) is 31.5. The maximum atomic E-state index is 13.8. The number of allylic oxidation sites excluding steroid dienone is 1. The Labute approximate surface area is 317 Å². The number of alkyl carbamates (subject to hydrolysis) is 2. The minimum atomic E-state index is -0.754. The molecule has 4 aromatic rings. The van der Waals surface area contributed by atoms with Gasteiger partial charge in [-0.15, -0.1) is 0 Å². The van der Waals surface area contributed by atoms with Crippen LogP contribution in [0.25, 0.3) is 38.8 Å². The predicted molar refractivity (Wildman–Crippen MR) is 205 cm³/mol. The van der Waals surface area contributed by atoms with Crippen LogP contribution in [-0.2, 0) is 19.1 Å². The molecule has 0 radical (unpaired) electrons. The predicted octanol–water partition coefficient (Wildman–Crippen LogP) is 5.30. The molecular weight excluding hydrogens is 706 g/mol. The van der Waals surface area contributed by atoms with Gasteiger partial charge in [0.25, 0.3) is 0 Å². The number of H-pyrrole nitrogens is 1. The van der Waals surface area contributed by atoms with E-state index in [1.54, 1.807) is 36.2 Å². The normalized spacial score (nSPS) is 19.4. The summed E-state index contributed by atoms with van der Waals surface area (Å²) < 4.78 is 15.7. The Hall–Kier alpha value is -5.99. The van der Waals surface area contributed by atoms with Crippen molar-refractivity contribution in [1.29, 1.82) is 0 Å². The van der Waals surface area contributed by atoms with Crippen LogP contribution in [0.2, 0.25) is 0 Å². The third-order valence-electron chi connectivity index (χ3n) is 10.8. The minimum absolute atomic E-state index is 0.124. The number of rotatable bonds is 9. The summed E-state index contributed by atoms with van der Waals surface area (Å²) in [6.07, 6.45) is 5.87. The van der Waals surface area contributed by atoms with Gasteiger partial charge in [0.15, 0.2) is 0 Å². The average molecular weight is 752 g/mol. The molecule has 0 spiro atoms. The number of aliphatic imine (C=N–C) groups is 1. The number of nitrogens with one attached hydrogen (secondary N) is 3. The van der Waals surface area contributed by atoms with E-state index in [-0.39, 0.29) is 35.2 Å². The van der Waals surface area contributed by atoms with Crippen LogP contribution < -0.4 is 16.1 Å². The highest BCUT2D eigenvalue weighted by Gasteiger charge is 2.39. The van der Waals surface area contributed by atoms with Gasteiger partial charge >= 0.3 is 12.2 Å². The third-order valence-corrected chi connectivity index (χ3v) is 10.8. The van der Waals surface area contributed by atoms with Gasteiger partial charge in [0.05, 0.1) is 49.0 Å². The first-order valence-corrected chi connectivity index (χ1v) is 18.6. The van der Waals surface area contributed by atoms with Crippen LogP contribution in [0, 0.1) is 5.92 Å². The van der Waals surface area contributed by atoms with Crippen molar-refractivity contribution in [2.24, 2.45) is 10.9 Å². The fourth-order valence-corrected chi connectivity index (χ4v) is 7.82. The zero-order chi connectivity index (χ0) is 39.0. The summed E-state index contributed by atoms with van der Waals surface area (Å²) in [6, 6.07) is 9.01. The van der Waals surface area contributed by atoms with Crippen LogP contribution in [0.3, 0.4) is 0 Å². The second-order valence-electron chi connectivity index (χ2n) is 14.6. The summed E-state index contributed by atoms with van der Waals surface area (Å²) in [4.78, 5) is 80.5. The summed E-state index contributed by atoms with van der Waals surface area (Å²) in [7, 11) is 2.53. The van der Waals surface area contributed by atoms with Crippen LogP contribution in [0.4, 0.5) is 9.59 Å². The highest BCUT2D eigenvalue weighted by molar-refractivity contribution is 6.04. The number of imidazole rings is 1. The lowest BCUT2D eigenvalue weighted by atomic mass is 9.96. The Bertz CT molecular complexity index is 2290. The lowest BCUT2D eigenvalue weighted by Crippen LogP contribution is -2.53. The molecule has 3 aliphatic heterocycles. The van der Waals surface area contributed by atoms with Crippen LogP contribution in [0.1, 0.15) is 70.3 Å². The first-order valence-electron chi connectivity index (χ1n) is 18.6. The van der Waals surface area contributed by atoms with Crippen molar-refractivity contribution in [2.75, 3.05) is 27.3 Å². The number of ether oxygens (including phenoxy) is 2. The summed E-state index contributed by atoms with van der Waals surface area (Å²) in [5.41, 5.74) is 4.87. The van der Waals surface area contributed by atoms with Crippen molar-refractivity contribution >= 4 is 57.2 Å². The maximum Gasteiger partial charge on any atom is 0.407 e. The second-order valence-corrected chi connectivity index (χ2v) is 14.6. The molecular formula is C40H45N7O8. The van der Waals surface area contributed by atoms with E-state index in [0.717, 1.165) is 48.1 Å². The van der Waals surface area contributed by atoms with E-state index in [2.05, 4.69) is 25.3 Å². The fourth-order valence-electron chi connectivity index (χ4n) is 7.82. The van der Waals surface area contributed by atoms with Crippen LogP contribution in [-0.4, -0.2) is 94.9 Å². The fraction of sp³-hybridized carbons (Fsp3) is 0.425. The van der Waals surface area contributed by atoms with Crippen molar-refractivity contribution in [1.82, 2.24) is 30.4 Å². The number of hydrogen-bond donors (Lipinski definition) is 3. The molecule has 15 heteroatoms. The first kappa shape index (κ1) is 37.3. The molecule has 5 heterocycles. The van der Waals surface area contributed by atoms with Gasteiger partial charge in [0, 0.05) is 37.0 Å². The van der Waals surface area contributed by atoms with Crippen molar-refractivity contribution in [3.8, 4) is 11.3 Å². The highest BCUT2D eigenvalue weighted by Crippen LogP contribution is 2.34. The molecule has 2 fully saturated rings. The van der Waals surface area contributed by atoms with Crippen molar-refractivity contribution in [3.63, 3.8) is 0 Å². The molecule has 0 saturated carbocycles. The Morgan fingerprint density at radius 3 is 2.27 bits per heavy atom. The molecule has 55 heavy (non-hydrogen) atoms. The number of hydrogen-bond acceptors (Lipinski definition) is 10. The number of likely N-dealkylation sites (tertiary alicyclic amines) is 2. The summed E-state index contributed by atoms with van der Waals surface area (Å²) in [5.74, 6) is 0.129. The molecule has 4 amide bonds. The van der Waals surface area contributed by atoms with E-state index < -0.39 is 24.3 Å². The molecule has 2 aromatic carbocycles. The quantitative estimate of drug-likeness (QED) is 0.191. The molecule has 4 atom stereocenters. The number of carbonyl (C=O) groups excluding carboxylic acids is 4. The average Bonchev–Trinajstić information content (AvgIpc) is 4.02. The molecule has 0 unspecified atom stereocenters. The molecule has 0 bridgehead atoms. The SMILES string of the molecule is COC(=O)N[C@@H](C)C(=O)N1CCC[C@H]1c1ncc(-c2ccc3oc4cc(C5=CN=C([C@@H]6CCCN6C(=O)[C@@H](NC(=O)OC)C(C)C)C5)ccc4c(=O)c3c2)[nH]1. The van der Waals surface area contributed by atoms with E-state index in [0.29, 0.717) is 53.0 Å². The lowest BCUT2D eigenvalue weighted by Gasteiger charge is -2.31. The van der Waals surface area contributed by atoms with Gasteiger partial charge in [-0.25, -0.2) is 14.6 Å². The molecule has 3 aliphatic rings. The lowest BCUT2D eigenvalue weighted by molar-refractivity contribution is -0.134. The number of benzene rings is 2. The van der Waals surface area contributed by atoms with Crippen LogP contribution >= 0.6 is 0 Å². The van der Waals surface area contributed by atoms with Gasteiger partial charge < -0.3 is 39.3 Å². The monoisotopic (exact) mass is 751 g/mol. The topological polar surface area (TPSA) is 189 Å². The summed E-state index contributed by atoms with van der Waals surface area (Å²) >= 11 is 0. The largest absolute Gasteiger partial charge is 0.456 e.